The van der Waals surface area contributed by atoms with Crippen LogP contribution in [-0.2, 0) is 16.1 Å². The summed E-state index contributed by atoms with van der Waals surface area (Å²) < 4.78 is 5.46. The van der Waals surface area contributed by atoms with Crippen molar-refractivity contribution in [1.82, 2.24) is 9.80 Å². The van der Waals surface area contributed by atoms with E-state index in [-0.39, 0.29) is 18.6 Å². The number of aliphatic carboxylic acids is 1. The Balaban J connectivity index is 2.11. The molecule has 6 nitrogen and oxygen atoms in total. The van der Waals surface area contributed by atoms with Crippen molar-refractivity contribution in [3.63, 3.8) is 0 Å². The standard InChI is InChI=1S/C19H28N2O4/c1-19(2,3)25-18(24)21-11-7-10-20(16(14-21)12-17(22)23)13-15-8-5-4-6-9-15/h4-6,8-9,16H,7,10-14H2,1-3H3,(H,22,23). The number of carbonyl (C=O) groups is 2. The van der Waals surface area contributed by atoms with Gasteiger partial charge in [-0.25, -0.2) is 4.79 Å². The van der Waals surface area contributed by atoms with Gasteiger partial charge in [0.15, 0.2) is 0 Å². The number of benzene rings is 1. The molecule has 138 valence electrons. The Bertz CT molecular complexity index is 583. The maximum Gasteiger partial charge on any atom is 0.410 e. The van der Waals surface area contributed by atoms with Crippen molar-refractivity contribution in [3.05, 3.63) is 35.9 Å². The average molecular weight is 348 g/mol. The van der Waals surface area contributed by atoms with Crippen LogP contribution in [0.3, 0.4) is 0 Å². The summed E-state index contributed by atoms with van der Waals surface area (Å²) in [4.78, 5) is 27.5. The van der Waals surface area contributed by atoms with E-state index in [9.17, 15) is 14.7 Å². The molecule has 0 aliphatic carbocycles. The Kier molecular flexibility index (Phi) is 6.42. The number of carbonyl (C=O) groups excluding carboxylic acids is 1. The maximum absolute atomic E-state index is 12.4. The van der Waals surface area contributed by atoms with Crippen molar-refractivity contribution >= 4 is 12.1 Å². The summed E-state index contributed by atoms with van der Waals surface area (Å²) in [7, 11) is 0. The second-order valence-electron chi connectivity index (χ2n) is 7.49. The average Bonchev–Trinajstić information content (AvgIpc) is 2.69. The lowest BCUT2D eigenvalue weighted by molar-refractivity contribution is -0.138. The maximum atomic E-state index is 12.4. The molecule has 1 aromatic rings. The number of nitrogens with zero attached hydrogens (tertiary/aromatic N) is 2. The zero-order valence-corrected chi connectivity index (χ0v) is 15.3. The van der Waals surface area contributed by atoms with E-state index in [0.717, 1.165) is 18.5 Å². The van der Waals surface area contributed by atoms with E-state index < -0.39 is 11.6 Å². The molecule has 1 saturated heterocycles. The van der Waals surface area contributed by atoms with Crippen molar-refractivity contribution in [3.8, 4) is 0 Å². The van der Waals surface area contributed by atoms with Gasteiger partial charge in [0, 0.05) is 32.2 Å². The first-order chi connectivity index (χ1) is 11.7. The van der Waals surface area contributed by atoms with Gasteiger partial charge in [0.2, 0.25) is 0 Å². The summed E-state index contributed by atoms with van der Waals surface area (Å²) >= 11 is 0. The lowest BCUT2D eigenvalue weighted by atomic mass is 10.1. The molecule has 1 aliphatic heterocycles. The molecule has 0 saturated carbocycles. The van der Waals surface area contributed by atoms with Crippen molar-refractivity contribution in [2.75, 3.05) is 19.6 Å². The topological polar surface area (TPSA) is 70.1 Å². The molecular formula is C19H28N2O4. The Hall–Kier alpha value is -2.08. The van der Waals surface area contributed by atoms with Crippen molar-refractivity contribution in [1.29, 1.82) is 0 Å². The van der Waals surface area contributed by atoms with E-state index in [1.165, 1.54) is 0 Å². The van der Waals surface area contributed by atoms with Crippen LogP contribution < -0.4 is 0 Å². The third-order valence-electron chi connectivity index (χ3n) is 4.11. The summed E-state index contributed by atoms with van der Waals surface area (Å²) in [5.41, 5.74) is 0.582. The molecule has 1 amide bonds. The van der Waals surface area contributed by atoms with Crippen LogP contribution in [0.4, 0.5) is 4.79 Å². The molecule has 0 radical (unpaired) electrons. The van der Waals surface area contributed by atoms with Crippen LogP contribution in [0.25, 0.3) is 0 Å². The van der Waals surface area contributed by atoms with Crippen LogP contribution in [0.5, 0.6) is 0 Å². The lowest BCUT2D eigenvalue weighted by Gasteiger charge is -2.31. The molecule has 1 aliphatic rings. The molecule has 6 heteroatoms. The van der Waals surface area contributed by atoms with E-state index in [1.807, 2.05) is 51.1 Å². The smallest absolute Gasteiger partial charge is 0.410 e. The summed E-state index contributed by atoms with van der Waals surface area (Å²) in [6.07, 6.45) is 0.429. The first-order valence-electron chi connectivity index (χ1n) is 8.72. The molecule has 1 aromatic carbocycles. The minimum absolute atomic E-state index is 0.00608. The highest BCUT2D eigenvalue weighted by Crippen LogP contribution is 2.19. The Morgan fingerprint density at radius 3 is 2.48 bits per heavy atom. The number of carboxylic acid groups (broad SMARTS) is 1. The van der Waals surface area contributed by atoms with Gasteiger partial charge >= 0.3 is 12.1 Å². The number of carboxylic acids is 1. The predicted molar refractivity (Wildman–Crippen MR) is 95.3 cm³/mol. The highest BCUT2D eigenvalue weighted by atomic mass is 16.6. The number of hydrogen-bond acceptors (Lipinski definition) is 4. The van der Waals surface area contributed by atoms with Gasteiger partial charge < -0.3 is 14.7 Å². The molecular weight excluding hydrogens is 320 g/mol. The van der Waals surface area contributed by atoms with Crippen LogP contribution in [0.2, 0.25) is 0 Å². The van der Waals surface area contributed by atoms with Gasteiger partial charge in [0.25, 0.3) is 0 Å². The fourth-order valence-corrected chi connectivity index (χ4v) is 3.02. The van der Waals surface area contributed by atoms with E-state index >= 15 is 0 Å². The van der Waals surface area contributed by atoms with Crippen LogP contribution in [-0.4, -0.2) is 58.2 Å². The zero-order valence-electron chi connectivity index (χ0n) is 15.3. The summed E-state index contributed by atoms with van der Waals surface area (Å²) in [6, 6.07) is 9.76. The second-order valence-corrected chi connectivity index (χ2v) is 7.49. The Labute approximate surface area is 149 Å². The monoisotopic (exact) mass is 348 g/mol. The van der Waals surface area contributed by atoms with Gasteiger partial charge in [-0.3, -0.25) is 9.69 Å². The molecule has 0 spiro atoms. The van der Waals surface area contributed by atoms with E-state index in [2.05, 4.69) is 4.90 Å². The number of ether oxygens (including phenoxy) is 1. The highest BCUT2D eigenvalue weighted by molar-refractivity contribution is 5.69. The summed E-state index contributed by atoms with van der Waals surface area (Å²) in [5.74, 6) is -0.853. The number of amides is 1. The van der Waals surface area contributed by atoms with Gasteiger partial charge in [0.05, 0.1) is 6.42 Å². The molecule has 2 rings (SSSR count). The Morgan fingerprint density at radius 2 is 1.88 bits per heavy atom. The summed E-state index contributed by atoms with van der Waals surface area (Å²) in [6.45, 7) is 7.88. The predicted octanol–water partition coefficient (Wildman–Crippen LogP) is 2.97. The zero-order chi connectivity index (χ0) is 18.4. The fraction of sp³-hybridized carbons (Fsp3) is 0.579. The minimum atomic E-state index is -0.853. The largest absolute Gasteiger partial charge is 0.481 e. The van der Waals surface area contributed by atoms with Gasteiger partial charge in [-0.15, -0.1) is 0 Å². The molecule has 1 heterocycles. The third-order valence-corrected chi connectivity index (χ3v) is 4.11. The van der Waals surface area contributed by atoms with Gasteiger partial charge in [-0.05, 0) is 32.8 Å². The first-order valence-corrected chi connectivity index (χ1v) is 8.72. The molecule has 1 atom stereocenters. The normalized spacial score (nSPS) is 19.3. The third kappa shape index (κ3) is 6.38. The van der Waals surface area contributed by atoms with E-state index in [0.29, 0.717) is 19.6 Å². The SMILES string of the molecule is CC(C)(C)OC(=O)N1CCCN(Cc2ccccc2)C(CC(=O)O)C1. The molecule has 1 unspecified atom stereocenters. The molecule has 1 fully saturated rings. The van der Waals surface area contributed by atoms with Crippen molar-refractivity contribution in [2.24, 2.45) is 0 Å². The molecule has 25 heavy (non-hydrogen) atoms. The van der Waals surface area contributed by atoms with Crippen molar-refractivity contribution in [2.45, 2.75) is 51.8 Å². The first kappa shape index (κ1) is 19.2. The van der Waals surface area contributed by atoms with Gasteiger partial charge in [0.1, 0.15) is 5.60 Å². The summed E-state index contributed by atoms with van der Waals surface area (Å²) in [5, 5.41) is 9.29. The van der Waals surface area contributed by atoms with E-state index in [4.69, 9.17) is 4.74 Å². The fourth-order valence-electron chi connectivity index (χ4n) is 3.02. The quantitative estimate of drug-likeness (QED) is 0.906. The van der Waals surface area contributed by atoms with E-state index in [1.54, 1.807) is 4.90 Å². The van der Waals surface area contributed by atoms with Crippen LogP contribution >= 0.6 is 0 Å². The van der Waals surface area contributed by atoms with Crippen LogP contribution in [0.15, 0.2) is 30.3 Å². The minimum Gasteiger partial charge on any atom is -0.481 e. The molecule has 0 bridgehead atoms. The van der Waals surface area contributed by atoms with Gasteiger partial charge in [-0.2, -0.15) is 0 Å². The second kappa shape index (κ2) is 8.34. The molecule has 1 N–H and O–H groups in total. The number of rotatable bonds is 4. The number of hydrogen-bond donors (Lipinski definition) is 1. The lowest BCUT2D eigenvalue weighted by Crippen LogP contribution is -2.45. The van der Waals surface area contributed by atoms with Crippen LogP contribution in [0, 0.1) is 0 Å². The van der Waals surface area contributed by atoms with Crippen molar-refractivity contribution < 1.29 is 19.4 Å². The van der Waals surface area contributed by atoms with Crippen LogP contribution in [0.1, 0.15) is 39.2 Å². The molecule has 0 aromatic heterocycles. The Morgan fingerprint density at radius 1 is 1.20 bits per heavy atom. The highest BCUT2D eigenvalue weighted by Gasteiger charge is 2.31. The van der Waals surface area contributed by atoms with Gasteiger partial charge in [-0.1, -0.05) is 30.3 Å².